The molecule has 1 saturated heterocycles. The molecule has 98 valence electrons. The molecule has 2 heterocycles. The summed E-state index contributed by atoms with van der Waals surface area (Å²) < 4.78 is 16.9. The zero-order valence-electron chi connectivity index (χ0n) is 11.7. The fourth-order valence-electron chi connectivity index (χ4n) is 1.87. The Hall–Kier alpha value is -1.07. The van der Waals surface area contributed by atoms with Gasteiger partial charge in [0.15, 0.2) is 0 Å². The minimum absolute atomic E-state index is 0.240. The smallest absolute Gasteiger partial charge is 0.464 e. The van der Waals surface area contributed by atoms with Crippen LogP contribution in [-0.2, 0) is 15.6 Å². The van der Waals surface area contributed by atoms with E-state index in [-0.39, 0.29) is 18.3 Å². The number of pyridine rings is 1. The predicted octanol–water partition coefficient (Wildman–Crippen LogP) is 2.26. The lowest BCUT2D eigenvalue weighted by Gasteiger charge is -2.32. The number of rotatable bonds is 3. The molecule has 5 heteroatoms. The first-order valence-electron chi connectivity index (χ1n) is 6.18. The third-order valence-electron chi connectivity index (χ3n) is 3.71. The van der Waals surface area contributed by atoms with Gasteiger partial charge in [-0.1, -0.05) is 0 Å². The van der Waals surface area contributed by atoms with Crippen molar-refractivity contribution in [1.29, 1.82) is 0 Å². The number of nitrogens with zero attached hydrogens (tertiary/aromatic N) is 1. The Kier molecular flexibility index (Phi) is 3.38. The van der Waals surface area contributed by atoms with E-state index in [9.17, 15) is 0 Å². The van der Waals surface area contributed by atoms with Crippen LogP contribution in [-0.4, -0.2) is 30.4 Å². The highest BCUT2D eigenvalue weighted by Gasteiger charge is 2.50. The Morgan fingerprint density at radius 2 is 1.78 bits per heavy atom. The summed E-state index contributed by atoms with van der Waals surface area (Å²) in [4.78, 5) is 4.32. The van der Waals surface area contributed by atoms with Crippen molar-refractivity contribution in [1.82, 2.24) is 4.98 Å². The van der Waals surface area contributed by atoms with Gasteiger partial charge < -0.3 is 14.0 Å². The van der Waals surface area contributed by atoms with Crippen LogP contribution < -0.4 is 4.74 Å². The molecule has 0 N–H and O–H groups in total. The molecule has 0 saturated carbocycles. The van der Waals surface area contributed by atoms with Crippen molar-refractivity contribution in [2.75, 3.05) is 7.11 Å². The first-order chi connectivity index (χ1) is 8.34. The van der Waals surface area contributed by atoms with Crippen LogP contribution in [0.4, 0.5) is 0 Å². The maximum atomic E-state index is 5.93. The maximum absolute atomic E-state index is 5.93. The fraction of sp³-hybridized carbons (Fsp3) is 0.615. The normalized spacial score (nSPS) is 21.1. The van der Waals surface area contributed by atoms with E-state index in [1.54, 1.807) is 13.3 Å². The zero-order chi connectivity index (χ0) is 13.4. The lowest BCUT2D eigenvalue weighted by molar-refractivity contribution is 0.00578. The third kappa shape index (κ3) is 2.52. The second-order valence-corrected chi connectivity index (χ2v) is 5.58. The Labute approximate surface area is 109 Å². The Balaban J connectivity index is 2.03. The number of aromatic nitrogens is 1. The molecule has 0 bridgehead atoms. The fourth-order valence-corrected chi connectivity index (χ4v) is 1.87. The molecule has 0 amide bonds. The maximum Gasteiger partial charge on any atom is 0.464 e. The number of ether oxygens (including phenoxy) is 1. The van der Waals surface area contributed by atoms with E-state index in [2.05, 4.69) is 32.7 Å². The lowest BCUT2D eigenvalue weighted by Crippen LogP contribution is -2.41. The van der Waals surface area contributed by atoms with Crippen LogP contribution in [0, 0.1) is 0 Å². The summed E-state index contributed by atoms with van der Waals surface area (Å²) in [5, 5.41) is 0. The number of hydrogen-bond donors (Lipinski definition) is 0. The van der Waals surface area contributed by atoms with Crippen LogP contribution in [0.2, 0.25) is 0 Å². The van der Waals surface area contributed by atoms with E-state index in [0.29, 0.717) is 6.32 Å². The van der Waals surface area contributed by atoms with Crippen molar-refractivity contribution in [2.45, 2.75) is 45.2 Å². The van der Waals surface area contributed by atoms with Gasteiger partial charge in [-0.2, -0.15) is 0 Å². The Morgan fingerprint density at radius 3 is 2.22 bits per heavy atom. The summed E-state index contributed by atoms with van der Waals surface area (Å²) in [6.07, 6.45) is 2.36. The molecule has 1 aromatic rings. The van der Waals surface area contributed by atoms with Crippen LogP contribution >= 0.6 is 0 Å². The van der Waals surface area contributed by atoms with E-state index in [1.165, 1.54) is 0 Å². The van der Waals surface area contributed by atoms with Gasteiger partial charge >= 0.3 is 7.12 Å². The molecular formula is C13H20BNO3. The molecule has 2 rings (SSSR count). The molecule has 18 heavy (non-hydrogen) atoms. The van der Waals surface area contributed by atoms with Gasteiger partial charge in [-0.3, -0.25) is 4.98 Å². The summed E-state index contributed by atoms with van der Waals surface area (Å²) in [7, 11) is 1.39. The molecule has 1 aliphatic heterocycles. The van der Waals surface area contributed by atoms with Gasteiger partial charge in [0.1, 0.15) is 5.75 Å². The summed E-state index contributed by atoms with van der Waals surface area (Å²) in [5.41, 5.74) is 0.364. The largest absolute Gasteiger partial charge is 0.495 e. The standard InChI is InChI=1S/C13H20BNO3/c1-12(2)13(3,4)18-14(17-12)8-10-6-7-11(16-5)9-15-10/h6-7,9H,8H2,1-5H3. The first-order valence-corrected chi connectivity index (χ1v) is 6.18. The van der Waals surface area contributed by atoms with E-state index >= 15 is 0 Å². The van der Waals surface area contributed by atoms with Gasteiger partial charge in [-0.05, 0) is 39.8 Å². The summed E-state index contributed by atoms with van der Waals surface area (Å²) in [5.74, 6) is 0.757. The van der Waals surface area contributed by atoms with Crippen molar-refractivity contribution < 1.29 is 14.0 Å². The highest BCUT2D eigenvalue weighted by atomic mass is 16.7. The molecule has 1 aromatic heterocycles. The molecule has 1 aliphatic rings. The van der Waals surface area contributed by atoms with Crippen molar-refractivity contribution in [3.63, 3.8) is 0 Å². The highest BCUT2D eigenvalue weighted by Crippen LogP contribution is 2.37. The van der Waals surface area contributed by atoms with Gasteiger partial charge in [0.05, 0.1) is 24.5 Å². The highest BCUT2D eigenvalue weighted by molar-refractivity contribution is 6.44. The van der Waals surface area contributed by atoms with E-state index in [1.807, 2.05) is 12.1 Å². The van der Waals surface area contributed by atoms with Crippen LogP contribution in [0.5, 0.6) is 5.75 Å². The summed E-state index contributed by atoms with van der Waals surface area (Å²) in [6.45, 7) is 8.20. The predicted molar refractivity (Wildman–Crippen MR) is 70.6 cm³/mol. The van der Waals surface area contributed by atoms with E-state index in [4.69, 9.17) is 14.0 Å². The summed E-state index contributed by atoms with van der Waals surface area (Å²) in [6, 6.07) is 3.83. The lowest BCUT2D eigenvalue weighted by atomic mass is 9.83. The van der Waals surface area contributed by atoms with E-state index < -0.39 is 0 Å². The quantitative estimate of drug-likeness (QED) is 0.770. The van der Waals surface area contributed by atoms with Crippen molar-refractivity contribution >= 4 is 7.12 Å². The number of hydrogen-bond acceptors (Lipinski definition) is 4. The summed E-state index contributed by atoms with van der Waals surface area (Å²) >= 11 is 0. The molecule has 4 nitrogen and oxygen atoms in total. The molecule has 1 fully saturated rings. The minimum atomic E-state index is -0.288. The third-order valence-corrected chi connectivity index (χ3v) is 3.71. The Bertz CT molecular complexity index is 401. The average Bonchev–Trinajstić information content (AvgIpc) is 2.48. The molecule has 0 aliphatic carbocycles. The van der Waals surface area contributed by atoms with Crippen LogP contribution in [0.25, 0.3) is 0 Å². The van der Waals surface area contributed by atoms with E-state index in [0.717, 1.165) is 11.4 Å². The van der Waals surface area contributed by atoms with Gasteiger partial charge in [-0.25, -0.2) is 0 Å². The minimum Gasteiger partial charge on any atom is -0.495 e. The Morgan fingerprint density at radius 1 is 1.17 bits per heavy atom. The molecule has 0 unspecified atom stereocenters. The van der Waals surface area contributed by atoms with Crippen LogP contribution in [0.1, 0.15) is 33.4 Å². The molecule has 0 atom stereocenters. The second-order valence-electron chi connectivity index (χ2n) is 5.58. The van der Waals surface area contributed by atoms with Gasteiger partial charge in [0, 0.05) is 12.0 Å². The van der Waals surface area contributed by atoms with Gasteiger partial charge in [0.2, 0.25) is 0 Å². The molecule has 0 aromatic carbocycles. The van der Waals surface area contributed by atoms with Crippen molar-refractivity contribution in [3.8, 4) is 5.75 Å². The van der Waals surface area contributed by atoms with Gasteiger partial charge in [0.25, 0.3) is 0 Å². The van der Waals surface area contributed by atoms with Crippen molar-refractivity contribution in [2.24, 2.45) is 0 Å². The first kappa shape index (κ1) is 13.4. The molecule has 0 spiro atoms. The topological polar surface area (TPSA) is 40.6 Å². The zero-order valence-corrected chi connectivity index (χ0v) is 11.7. The SMILES string of the molecule is COc1ccc(CB2OC(C)(C)C(C)(C)O2)nc1. The van der Waals surface area contributed by atoms with Gasteiger partial charge in [-0.15, -0.1) is 0 Å². The molecular weight excluding hydrogens is 229 g/mol. The van der Waals surface area contributed by atoms with Crippen molar-refractivity contribution in [3.05, 3.63) is 24.0 Å². The monoisotopic (exact) mass is 249 g/mol. The van der Waals surface area contributed by atoms with Crippen LogP contribution in [0.3, 0.4) is 0 Å². The average molecular weight is 249 g/mol. The van der Waals surface area contributed by atoms with Crippen LogP contribution in [0.15, 0.2) is 18.3 Å². The molecule has 0 radical (unpaired) electrons. The number of methoxy groups -OCH3 is 1. The second kappa shape index (κ2) is 4.55.